The molecule has 0 fully saturated rings. The van der Waals surface area contributed by atoms with Crippen molar-refractivity contribution in [2.45, 2.75) is 57.5 Å². The van der Waals surface area contributed by atoms with E-state index in [4.69, 9.17) is 0 Å². The van der Waals surface area contributed by atoms with E-state index < -0.39 is 0 Å². The fraction of sp³-hybridized carbons (Fsp3) is 0.647. The van der Waals surface area contributed by atoms with Gasteiger partial charge in [-0.3, -0.25) is 9.59 Å². The Labute approximate surface area is 138 Å². The first kappa shape index (κ1) is 20.5. The van der Waals surface area contributed by atoms with E-state index in [1.165, 1.54) is 0 Å². The van der Waals surface area contributed by atoms with Crippen LogP contribution in [0.5, 0.6) is 0 Å². The summed E-state index contributed by atoms with van der Waals surface area (Å²) in [5, 5.41) is 0. The molecule has 0 atom stereocenters. The van der Waals surface area contributed by atoms with Crippen LogP contribution in [-0.2, 0) is 9.59 Å². The number of thioether (sulfide) groups is 2. The lowest BCUT2D eigenvalue weighted by molar-refractivity contribution is -0.118. The summed E-state index contributed by atoms with van der Waals surface area (Å²) in [6, 6.07) is 0. The SMILES string of the molecule is CC=CCC(=O)CCSC(C)(C)SCCC(=O)CC=CC. The lowest BCUT2D eigenvalue weighted by Gasteiger charge is -2.23. The molecule has 0 N–H and O–H groups in total. The third kappa shape index (κ3) is 12.9. The van der Waals surface area contributed by atoms with Gasteiger partial charge in [0.2, 0.25) is 0 Å². The van der Waals surface area contributed by atoms with Gasteiger partial charge in [-0.15, -0.1) is 23.5 Å². The average Bonchev–Trinajstić information content (AvgIpc) is 2.42. The number of hydrogen-bond donors (Lipinski definition) is 0. The van der Waals surface area contributed by atoms with Crippen molar-refractivity contribution in [1.29, 1.82) is 0 Å². The summed E-state index contributed by atoms with van der Waals surface area (Å²) in [6.45, 7) is 8.18. The van der Waals surface area contributed by atoms with Crippen LogP contribution >= 0.6 is 23.5 Å². The summed E-state index contributed by atoms with van der Waals surface area (Å²) >= 11 is 3.61. The van der Waals surface area contributed by atoms with Crippen LogP contribution in [0.15, 0.2) is 24.3 Å². The maximum absolute atomic E-state index is 11.6. The van der Waals surface area contributed by atoms with Crippen molar-refractivity contribution in [2.75, 3.05) is 11.5 Å². The van der Waals surface area contributed by atoms with Gasteiger partial charge in [-0.05, 0) is 27.7 Å². The average molecular weight is 329 g/mol. The Kier molecular flexibility index (Phi) is 11.8. The first-order valence-corrected chi connectivity index (χ1v) is 9.42. The minimum atomic E-state index is 0.0573. The molecule has 0 saturated heterocycles. The zero-order valence-corrected chi connectivity index (χ0v) is 15.3. The monoisotopic (exact) mass is 328 g/mol. The second kappa shape index (κ2) is 12.1. The van der Waals surface area contributed by atoms with Crippen LogP contribution in [0.2, 0.25) is 0 Å². The molecule has 0 bridgehead atoms. The standard InChI is InChI=1S/C17H28O2S2/c1-5-7-9-15(18)11-13-20-17(3,4)21-14-12-16(19)10-8-6-2/h5-8H,9-14H2,1-4H3. The highest BCUT2D eigenvalue weighted by Gasteiger charge is 2.19. The molecule has 0 aliphatic carbocycles. The van der Waals surface area contributed by atoms with Crippen LogP contribution < -0.4 is 0 Å². The lowest BCUT2D eigenvalue weighted by atomic mass is 10.2. The van der Waals surface area contributed by atoms with Crippen LogP contribution in [0.1, 0.15) is 53.4 Å². The number of Topliss-reactive ketones (excluding diaryl/α,β-unsaturated/α-hetero) is 2. The second-order valence-electron chi connectivity index (χ2n) is 5.22. The largest absolute Gasteiger partial charge is 0.299 e. The van der Waals surface area contributed by atoms with Crippen LogP contribution in [0.4, 0.5) is 0 Å². The summed E-state index contributed by atoms with van der Waals surface area (Å²) < 4.78 is 0.0573. The third-order valence-electron chi connectivity index (χ3n) is 2.82. The molecule has 0 rings (SSSR count). The fourth-order valence-corrected chi connectivity index (χ4v) is 4.04. The van der Waals surface area contributed by atoms with Crippen molar-refractivity contribution >= 4 is 35.1 Å². The van der Waals surface area contributed by atoms with Crippen molar-refractivity contribution in [3.63, 3.8) is 0 Å². The quantitative estimate of drug-likeness (QED) is 0.371. The number of rotatable bonds is 12. The highest BCUT2D eigenvalue weighted by molar-refractivity contribution is 8.18. The summed E-state index contributed by atoms with van der Waals surface area (Å²) in [7, 11) is 0. The number of hydrogen-bond acceptors (Lipinski definition) is 4. The van der Waals surface area contributed by atoms with Gasteiger partial charge in [0.1, 0.15) is 11.6 Å². The van der Waals surface area contributed by atoms with E-state index in [1.54, 1.807) is 23.5 Å². The van der Waals surface area contributed by atoms with E-state index >= 15 is 0 Å². The molecule has 0 saturated carbocycles. The first-order chi connectivity index (χ1) is 9.91. The molecule has 0 spiro atoms. The predicted octanol–water partition coefficient (Wildman–Crippen LogP) is 5.04. The van der Waals surface area contributed by atoms with E-state index in [9.17, 15) is 9.59 Å². The predicted molar refractivity (Wildman–Crippen MR) is 97.1 cm³/mol. The van der Waals surface area contributed by atoms with Gasteiger partial charge in [0.15, 0.2) is 0 Å². The molecule has 2 nitrogen and oxygen atoms in total. The van der Waals surface area contributed by atoms with Crippen molar-refractivity contribution < 1.29 is 9.59 Å². The van der Waals surface area contributed by atoms with E-state index in [2.05, 4.69) is 13.8 Å². The van der Waals surface area contributed by atoms with Gasteiger partial charge in [0, 0.05) is 37.2 Å². The van der Waals surface area contributed by atoms with Crippen molar-refractivity contribution in [2.24, 2.45) is 0 Å². The summed E-state index contributed by atoms with van der Waals surface area (Å²) in [5.41, 5.74) is 0. The summed E-state index contributed by atoms with van der Waals surface area (Å²) in [6.07, 6.45) is 9.98. The molecule has 0 aliphatic heterocycles. The van der Waals surface area contributed by atoms with Gasteiger partial charge in [-0.25, -0.2) is 0 Å². The van der Waals surface area contributed by atoms with E-state index in [0.29, 0.717) is 37.2 Å². The molecule has 0 aromatic carbocycles. The molecule has 0 aromatic rings. The highest BCUT2D eigenvalue weighted by Crippen LogP contribution is 2.37. The number of carbonyl (C=O) groups is 2. The zero-order chi connectivity index (χ0) is 16.1. The van der Waals surface area contributed by atoms with Crippen molar-refractivity contribution in [3.05, 3.63) is 24.3 Å². The number of allylic oxidation sites excluding steroid dienone is 4. The minimum Gasteiger partial charge on any atom is -0.299 e. The normalized spacial score (nSPS) is 12.4. The Morgan fingerprint density at radius 3 is 1.57 bits per heavy atom. The number of ketones is 2. The Bertz CT molecular complexity index is 337. The molecule has 0 radical (unpaired) electrons. The molecule has 0 unspecified atom stereocenters. The Morgan fingerprint density at radius 1 is 0.857 bits per heavy atom. The lowest BCUT2D eigenvalue weighted by Crippen LogP contribution is -2.13. The molecular weight excluding hydrogens is 300 g/mol. The molecule has 120 valence electrons. The maximum atomic E-state index is 11.6. The Morgan fingerprint density at radius 2 is 1.24 bits per heavy atom. The summed E-state index contributed by atoms with van der Waals surface area (Å²) in [5.74, 6) is 2.29. The van der Waals surface area contributed by atoms with E-state index in [-0.39, 0.29) is 4.08 Å². The third-order valence-corrected chi connectivity index (χ3v) is 5.74. The topological polar surface area (TPSA) is 34.1 Å². The Balaban J connectivity index is 3.82. The maximum Gasteiger partial charge on any atom is 0.137 e. The van der Waals surface area contributed by atoms with Crippen molar-refractivity contribution in [3.8, 4) is 0 Å². The van der Waals surface area contributed by atoms with Crippen LogP contribution in [0.25, 0.3) is 0 Å². The minimum absolute atomic E-state index is 0.0573. The van der Waals surface area contributed by atoms with Gasteiger partial charge in [-0.2, -0.15) is 0 Å². The molecule has 0 heterocycles. The fourth-order valence-electron chi connectivity index (χ4n) is 1.57. The molecule has 4 heteroatoms. The molecule has 0 amide bonds. The highest BCUT2D eigenvalue weighted by atomic mass is 32.2. The second-order valence-corrected chi connectivity index (χ2v) is 8.91. The van der Waals surface area contributed by atoms with Crippen LogP contribution in [0.3, 0.4) is 0 Å². The van der Waals surface area contributed by atoms with Gasteiger partial charge in [0.25, 0.3) is 0 Å². The molecule has 21 heavy (non-hydrogen) atoms. The van der Waals surface area contributed by atoms with E-state index in [1.807, 2.05) is 38.2 Å². The van der Waals surface area contributed by atoms with Crippen LogP contribution in [-0.4, -0.2) is 27.2 Å². The van der Waals surface area contributed by atoms with Gasteiger partial charge >= 0.3 is 0 Å². The van der Waals surface area contributed by atoms with Crippen LogP contribution in [0, 0.1) is 0 Å². The van der Waals surface area contributed by atoms with Gasteiger partial charge < -0.3 is 0 Å². The van der Waals surface area contributed by atoms with Gasteiger partial charge in [0.05, 0.1) is 4.08 Å². The smallest absolute Gasteiger partial charge is 0.137 e. The summed E-state index contributed by atoms with van der Waals surface area (Å²) in [4.78, 5) is 23.1. The first-order valence-electron chi connectivity index (χ1n) is 7.45. The number of carbonyl (C=O) groups excluding carboxylic acids is 2. The van der Waals surface area contributed by atoms with E-state index in [0.717, 1.165) is 11.5 Å². The molecule has 0 aliphatic rings. The molecule has 0 aromatic heterocycles. The Hall–Kier alpha value is -0.480. The zero-order valence-electron chi connectivity index (χ0n) is 13.7. The van der Waals surface area contributed by atoms with Gasteiger partial charge in [-0.1, -0.05) is 24.3 Å². The van der Waals surface area contributed by atoms with Crippen molar-refractivity contribution in [1.82, 2.24) is 0 Å². The molecular formula is C17H28O2S2.